The van der Waals surface area contributed by atoms with E-state index in [4.69, 9.17) is 16.1 Å². The van der Waals surface area contributed by atoms with Crippen LogP contribution < -0.4 is 15.8 Å². The summed E-state index contributed by atoms with van der Waals surface area (Å²) in [7, 11) is 4.30. The lowest BCUT2D eigenvalue weighted by Crippen LogP contribution is -2.42. The third-order valence-electron chi connectivity index (χ3n) is 7.61. The first-order chi connectivity index (χ1) is 17.1. The molecule has 0 spiro atoms. The van der Waals surface area contributed by atoms with Gasteiger partial charge in [-0.25, -0.2) is 0 Å². The Balaban J connectivity index is 1.56. The molecule has 4 rings (SSSR count). The van der Waals surface area contributed by atoms with E-state index < -0.39 is 0 Å². The number of anilines is 1. The molecule has 0 bridgehead atoms. The molecule has 0 aliphatic heterocycles. The summed E-state index contributed by atoms with van der Waals surface area (Å²) < 4.78 is 6.79. The summed E-state index contributed by atoms with van der Waals surface area (Å²) in [6.07, 6.45) is 4.55. The average Bonchev–Trinajstić information content (AvgIpc) is 3.21. The zero-order valence-electron chi connectivity index (χ0n) is 22.2. The molecule has 0 saturated heterocycles. The molecule has 1 saturated carbocycles. The van der Waals surface area contributed by atoms with Gasteiger partial charge >= 0.3 is 0 Å². The van der Waals surface area contributed by atoms with Crippen LogP contribution in [0.4, 0.5) is 5.69 Å². The van der Waals surface area contributed by atoms with Crippen molar-refractivity contribution in [3.63, 3.8) is 0 Å². The molecule has 3 aromatic rings. The Morgan fingerprint density at radius 1 is 1.08 bits per heavy atom. The van der Waals surface area contributed by atoms with Gasteiger partial charge in [-0.2, -0.15) is 0 Å². The zero-order chi connectivity index (χ0) is 26.1. The lowest BCUT2D eigenvalue weighted by molar-refractivity contribution is 0.0950. The summed E-state index contributed by atoms with van der Waals surface area (Å²) in [5.41, 5.74) is 4.21. The summed E-state index contributed by atoms with van der Waals surface area (Å²) in [6.45, 7) is 8.76. The van der Waals surface area contributed by atoms with Gasteiger partial charge in [0.25, 0.3) is 11.5 Å². The predicted molar refractivity (Wildman–Crippen MR) is 146 cm³/mol. The lowest BCUT2D eigenvalue weighted by Gasteiger charge is -2.40. The Hall–Kier alpha value is -2.77. The van der Waals surface area contributed by atoms with Crippen molar-refractivity contribution in [3.05, 3.63) is 67.7 Å². The topological polar surface area (TPSA) is 70.2 Å². The monoisotopic (exact) mass is 512 g/mol. The SMILES string of the molecule is CCN(c1cc(Cl)cc(C(=O)NCc2c(C)cc3cc(C)on3c2=O)c1C)C1CCC(N(C)C)CC1. The number of benzene rings is 1. The number of hydrogen-bond donors (Lipinski definition) is 1. The van der Waals surface area contributed by atoms with Gasteiger partial charge in [0.05, 0.1) is 5.52 Å². The maximum Gasteiger partial charge on any atom is 0.289 e. The number of halogens is 1. The van der Waals surface area contributed by atoms with Gasteiger partial charge in [0.2, 0.25) is 0 Å². The molecule has 1 N–H and O–H groups in total. The Kier molecular flexibility index (Phi) is 7.81. The second-order valence-corrected chi connectivity index (χ2v) is 10.6. The van der Waals surface area contributed by atoms with Gasteiger partial charge < -0.3 is 19.6 Å². The number of carbonyl (C=O) groups excluding carboxylic acids is 1. The summed E-state index contributed by atoms with van der Waals surface area (Å²) in [6, 6.07) is 8.44. The summed E-state index contributed by atoms with van der Waals surface area (Å²) in [4.78, 5) is 31.0. The molecule has 1 aliphatic carbocycles. The molecule has 7 nitrogen and oxygen atoms in total. The Bertz CT molecular complexity index is 1320. The first kappa shape index (κ1) is 26.3. The standard InChI is InChI=1S/C28H37ClN4O3/c1-7-32(22-10-8-21(9-11-22)31(5)6)26-15-20(29)14-24(19(26)4)27(34)30-16-25-17(2)12-23-13-18(3)36-33(23)28(25)35/h12-15,21-22H,7-11,16H2,1-6H3,(H,30,34). The third kappa shape index (κ3) is 5.18. The van der Waals surface area contributed by atoms with E-state index in [-0.39, 0.29) is 18.0 Å². The maximum atomic E-state index is 13.3. The number of amides is 1. The molecule has 1 aliphatic rings. The number of nitrogens with one attached hydrogen (secondary N) is 1. The van der Waals surface area contributed by atoms with E-state index in [1.54, 1.807) is 13.0 Å². The van der Waals surface area contributed by atoms with Crippen molar-refractivity contribution in [2.45, 2.75) is 72.0 Å². The molecule has 8 heteroatoms. The van der Waals surface area contributed by atoms with Gasteiger partial charge in [0.1, 0.15) is 5.76 Å². The van der Waals surface area contributed by atoms with E-state index in [0.717, 1.165) is 49.0 Å². The fourth-order valence-electron chi connectivity index (χ4n) is 5.54. The van der Waals surface area contributed by atoms with Crippen LogP contribution in [0, 0.1) is 20.8 Å². The molecule has 194 valence electrons. The fraction of sp³-hybridized carbons (Fsp3) is 0.500. The highest BCUT2D eigenvalue weighted by Gasteiger charge is 2.28. The van der Waals surface area contributed by atoms with Crippen LogP contribution in [0.25, 0.3) is 5.52 Å². The maximum absolute atomic E-state index is 13.3. The molecule has 2 aromatic heterocycles. The number of fused-ring (bicyclic) bond motifs is 1. The van der Waals surface area contributed by atoms with E-state index >= 15 is 0 Å². The van der Waals surface area contributed by atoms with E-state index in [0.29, 0.717) is 39.5 Å². The van der Waals surface area contributed by atoms with Crippen LogP contribution in [-0.4, -0.2) is 48.1 Å². The highest BCUT2D eigenvalue weighted by atomic mass is 35.5. The quantitative estimate of drug-likeness (QED) is 0.477. The Morgan fingerprint density at radius 3 is 2.39 bits per heavy atom. The number of rotatable bonds is 7. The molecule has 1 fully saturated rings. The Morgan fingerprint density at radius 2 is 1.75 bits per heavy atom. The highest BCUT2D eigenvalue weighted by molar-refractivity contribution is 6.31. The first-order valence-electron chi connectivity index (χ1n) is 12.7. The van der Waals surface area contributed by atoms with Gasteiger partial charge in [-0.15, -0.1) is 4.57 Å². The normalized spacial score (nSPS) is 18.1. The van der Waals surface area contributed by atoms with Crippen LogP contribution in [0.5, 0.6) is 0 Å². The largest absolute Gasteiger partial charge is 0.376 e. The molecule has 0 atom stereocenters. The third-order valence-corrected chi connectivity index (χ3v) is 7.82. The molecule has 1 amide bonds. The summed E-state index contributed by atoms with van der Waals surface area (Å²) >= 11 is 6.53. The minimum absolute atomic E-state index is 0.111. The van der Waals surface area contributed by atoms with Crippen LogP contribution in [0.1, 0.15) is 65.4 Å². The van der Waals surface area contributed by atoms with Crippen molar-refractivity contribution in [1.29, 1.82) is 0 Å². The van der Waals surface area contributed by atoms with Crippen LogP contribution in [0.2, 0.25) is 5.02 Å². The minimum Gasteiger partial charge on any atom is -0.376 e. The number of nitrogens with zero attached hydrogens (tertiary/aromatic N) is 3. The smallest absolute Gasteiger partial charge is 0.289 e. The second kappa shape index (κ2) is 10.7. The zero-order valence-corrected chi connectivity index (χ0v) is 22.9. The van der Waals surface area contributed by atoms with Crippen LogP contribution in [0.15, 0.2) is 33.6 Å². The molecular weight excluding hydrogens is 476 g/mol. The van der Waals surface area contributed by atoms with Crippen LogP contribution in [0.3, 0.4) is 0 Å². The average molecular weight is 513 g/mol. The summed E-state index contributed by atoms with van der Waals surface area (Å²) in [5, 5.41) is 3.47. The van der Waals surface area contributed by atoms with E-state index in [9.17, 15) is 9.59 Å². The van der Waals surface area contributed by atoms with Crippen molar-refractivity contribution in [1.82, 2.24) is 14.8 Å². The van der Waals surface area contributed by atoms with Crippen molar-refractivity contribution < 1.29 is 9.32 Å². The number of aromatic nitrogens is 1. The van der Waals surface area contributed by atoms with Crippen molar-refractivity contribution in [3.8, 4) is 0 Å². The lowest BCUT2D eigenvalue weighted by atomic mass is 9.89. The van der Waals surface area contributed by atoms with Gasteiger partial charge in [-0.3, -0.25) is 9.59 Å². The number of hydrogen-bond acceptors (Lipinski definition) is 5. The van der Waals surface area contributed by atoms with Gasteiger partial charge in [-0.05, 0) is 96.8 Å². The van der Waals surface area contributed by atoms with Crippen molar-refractivity contribution in [2.75, 3.05) is 25.5 Å². The molecule has 1 aromatic carbocycles. The number of pyridine rings is 1. The molecule has 36 heavy (non-hydrogen) atoms. The first-order valence-corrected chi connectivity index (χ1v) is 13.1. The number of aryl methyl sites for hydroxylation is 2. The van der Waals surface area contributed by atoms with E-state index in [2.05, 4.69) is 36.1 Å². The minimum atomic E-state index is -0.257. The fourth-order valence-corrected chi connectivity index (χ4v) is 5.75. The van der Waals surface area contributed by atoms with Gasteiger partial charge in [-0.1, -0.05) is 11.6 Å². The van der Waals surface area contributed by atoms with E-state index in [1.165, 1.54) is 4.57 Å². The van der Waals surface area contributed by atoms with Gasteiger partial charge in [0, 0.05) is 53.1 Å². The highest BCUT2D eigenvalue weighted by Crippen LogP contribution is 2.34. The summed E-state index contributed by atoms with van der Waals surface area (Å²) in [5.74, 6) is 0.411. The molecule has 0 unspecified atom stereocenters. The van der Waals surface area contributed by atoms with Crippen molar-refractivity contribution >= 4 is 28.7 Å². The van der Waals surface area contributed by atoms with Crippen LogP contribution in [-0.2, 0) is 6.54 Å². The number of carbonyl (C=O) groups is 1. The van der Waals surface area contributed by atoms with Crippen molar-refractivity contribution in [2.24, 2.45) is 0 Å². The molecular formula is C28H37ClN4O3. The van der Waals surface area contributed by atoms with E-state index in [1.807, 2.05) is 32.0 Å². The second-order valence-electron chi connectivity index (χ2n) is 10.2. The predicted octanol–water partition coefficient (Wildman–Crippen LogP) is 5.10. The molecule has 2 heterocycles. The van der Waals surface area contributed by atoms with Crippen LogP contribution >= 0.6 is 11.6 Å². The molecule has 0 radical (unpaired) electrons. The van der Waals surface area contributed by atoms with Gasteiger partial charge in [0.15, 0.2) is 0 Å². The Labute approximate surface area is 218 Å².